The molecular weight excluding hydrogens is 190 g/mol. The molecule has 0 bridgehead atoms. The van der Waals surface area contributed by atoms with Crippen LogP contribution in [0, 0.1) is 5.92 Å². The van der Waals surface area contributed by atoms with Crippen molar-refractivity contribution >= 4 is 11.8 Å². The Morgan fingerprint density at radius 1 is 1.21 bits per heavy atom. The summed E-state index contributed by atoms with van der Waals surface area (Å²) in [4.78, 5) is 0. The molecule has 0 aliphatic heterocycles. The Labute approximate surface area is 92.4 Å². The second-order valence-corrected chi connectivity index (χ2v) is 6.30. The van der Waals surface area contributed by atoms with Crippen LogP contribution in [0.1, 0.15) is 44.9 Å². The van der Waals surface area contributed by atoms with E-state index in [4.69, 9.17) is 0 Å². The summed E-state index contributed by atoms with van der Waals surface area (Å²) in [5, 5.41) is 3.70. The lowest BCUT2D eigenvalue weighted by atomic mass is 9.84. The Hall–Kier alpha value is 0.310. The zero-order valence-electron chi connectivity index (χ0n) is 9.35. The summed E-state index contributed by atoms with van der Waals surface area (Å²) in [6, 6.07) is 0. The molecule has 0 atom stereocenters. The standard InChI is InChI=1S/C12H23NS/c1-14-12(7-4-8-12)10-13-9-11-5-2-3-6-11/h11,13H,2-10H2,1H3. The van der Waals surface area contributed by atoms with Gasteiger partial charge in [0.2, 0.25) is 0 Å². The molecule has 0 spiro atoms. The Morgan fingerprint density at radius 3 is 2.43 bits per heavy atom. The lowest BCUT2D eigenvalue weighted by molar-refractivity contribution is 0.335. The summed E-state index contributed by atoms with van der Waals surface area (Å²) >= 11 is 2.08. The van der Waals surface area contributed by atoms with Crippen molar-refractivity contribution in [1.82, 2.24) is 5.32 Å². The van der Waals surface area contributed by atoms with Crippen LogP contribution in [0.2, 0.25) is 0 Å². The van der Waals surface area contributed by atoms with Gasteiger partial charge in [0.1, 0.15) is 0 Å². The molecule has 0 radical (unpaired) electrons. The average molecular weight is 213 g/mol. The van der Waals surface area contributed by atoms with Crippen LogP contribution in [-0.2, 0) is 0 Å². The molecule has 2 saturated carbocycles. The maximum absolute atomic E-state index is 3.70. The molecule has 1 nitrogen and oxygen atoms in total. The molecule has 2 heteroatoms. The van der Waals surface area contributed by atoms with Crippen LogP contribution in [0.25, 0.3) is 0 Å². The minimum absolute atomic E-state index is 0.624. The Kier molecular flexibility index (Phi) is 3.78. The molecule has 0 aromatic heterocycles. The van der Waals surface area contributed by atoms with Crippen molar-refractivity contribution in [3.8, 4) is 0 Å². The van der Waals surface area contributed by atoms with E-state index in [9.17, 15) is 0 Å². The molecule has 2 fully saturated rings. The van der Waals surface area contributed by atoms with Gasteiger partial charge in [-0.3, -0.25) is 0 Å². The predicted octanol–water partition coefficient (Wildman–Crippen LogP) is 3.05. The molecule has 82 valence electrons. The summed E-state index contributed by atoms with van der Waals surface area (Å²) in [7, 11) is 0. The van der Waals surface area contributed by atoms with E-state index in [1.807, 2.05) is 0 Å². The molecule has 14 heavy (non-hydrogen) atoms. The highest BCUT2D eigenvalue weighted by Gasteiger charge is 2.35. The first-order valence-electron chi connectivity index (χ1n) is 6.10. The summed E-state index contributed by atoms with van der Waals surface area (Å²) in [6.07, 6.45) is 12.5. The highest BCUT2D eigenvalue weighted by Crippen LogP contribution is 2.42. The van der Waals surface area contributed by atoms with E-state index in [0.717, 1.165) is 5.92 Å². The van der Waals surface area contributed by atoms with Crippen LogP contribution in [0.5, 0.6) is 0 Å². The van der Waals surface area contributed by atoms with Crippen LogP contribution in [0.15, 0.2) is 0 Å². The van der Waals surface area contributed by atoms with Crippen molar-refractivity contribution in [2.45, 2.75) is 49.7 Å². The van der Waals surface area contributed by atoms with Crippen LogP contribution >= 0.6 is 11.8 Å². The van der Waals surface area contributed by atoms with Gasteiger partial charge in [-0.1, -0.05) is 19.3 Å². The van der Waals surface area contributed by atoms with Crippen LogP contribution in [0.3, 0.4) is 0 Å². The first-order valence-corrected chi connectivity index (χ1v) is 7.33. The van der Waals surface area contributed by atoms with Gasteiger partial charge in [-0.2, -0.15) is 11.8 Å². The normalized spacial score (nSPS) is 26.4. The molecule has 2 rings (SSSR count). The number of hydrogen-bond donors (Lipinski definition) is 1. The van der Waals surface area contributed by atoms with E-state index < -0.39 is 0 Å². The Bertz CT molecular complexity index is 166. The maximum Gasteiger partial charge on any atom is 0.0281 e. The van der Waals surface area contributed by atoms with E-state index >= 15 is 0 Å². The zero-order chi connectivity index (χ0) is 9.86. The summed E-state index contributed by atoms with van der Waals surface area (Å²) < 4.78 is 0.624. The lowest BCUT2D eigenvalue weighted by Crippen LogP contribution is -2.44. The number of rotatable bonds is 5. The molecule has 0 aromatic rings. The lowest BCUT2D eigenvalue weighted by Gasteiger charge is -2.40. The van der Waals surface area contributed by atoms with Crippen LogP contribution in [0.4, 0.5) is 0 Å². The molecule has 1 N–H and O–H groups in total. The highest BCUT2D eigenvalue weighted by atomic mass is 32.2. The van der Waals surface area contributed by atoms with Gasteiger partial charge in [0, 0.05) is 11.3 Å². The van der Waals surface area contributed by atoms with Gasteiger partial charge < -0.3 is 5.32 Å². The Balaban J connectivity index is 1.61. The molecule has 0 heterocycles. The van der Waals surface area contributed by atoms with Crippen molar-refractivity contribution in [3.63, 3.8) is 0 Å². The fraction of sp³-hybridized carbons (Fsp3) is 1.00. The third-order valence-electron chi connectivity index (χ3n) is 4.05. The fourth-order valence-corrected chi connectivity index (χ4v) is 3.69. The van der Waals surface area contributed by atoms with Crippen molar-refractivity contribution < 1.29 is 0 Å². The van der Waals surface area contributed by atoms with Crippen LogP contribution < -0.4 is 5.32 Å². The van der Waals surface area contributed by atoms with Crippen LogP contribution in [-0.4, -0.2) is 24.1 Å². The van der Waals surface area contributed by atoms with E-state index in [1.165, 1.54) is 58.0 Å². The van der Waals surface area contributed by atoms with Gasteiger partial charge in [-0.15, -0.1) is 0 Å². The van der Waals surface area contributed by atoms with E-state index in [2.05, 4.69) is 23.3 Å². The monoisotopic (exact) mass is 213 g/mol. The SMILES string of the molecule is CSC1(CNCC2CCCC2)CCC1. The molecule has 0 saturated heterocycles. The Morgan fingerprint density at radius 2 is 1.93 bits per heavy atom. The molecular formula is C12H23NS. The third kappa shape index (κ3) is 2.46. The van der Waals surface area contributed by atoms with Crippen molar-refractivity contribution in [2.24, 2.45) is 5.92 Å². The highest BCUT2D eigenvalue weighted by molar-refractivity contribution is 8.00. The van der Waals surface area contributed by atoms with Crippen molar-refractivity contribution in [1.29, 1.82) is 0 Å². The minimum Gasteiger partial charge on any atom is -0.315 e. The molecule has 2 aliphatic rings. The zero-order valence-corrected chi connectivity index (χ0v) is 10.2. The fourth-order valence-electron chi connectivity index (χ4n) is 2.74. The number of hydrogen-bond acceptors (Lipinski definition) is 2. The summed E-state index contributed by atoms with van der Waals surface area (Å²) in [5.41, 5.74) is 0. The first-order chi connectivity index (χ1) is 6.85. The molecule has 0 aromatic carbocycles. The largest absolute Gasteiger partial charge is 0.315 e. The van der Waals surface area contributed by atoms with Gasteiger partial charge in [-0.25, -0.2) is 0 Å². The second-order valence-electron chi connectivity index (χ2n) is 5.02. The quantitative estimate of drug-likeness (QED) is 0.753. The van der Waals surface area contributed by atoms with Gasteiger partial charge in [0.05, 0.1) is 0 Å². The van der Waals surface area contributed by atoms with Crippen molar-refractivity contribution in [3.05, 3.63) is 0 Å². The molecule has 0 unspecified atom stereocenters. The minimum atomic E-state index is 0.624. The molecule has 0 amide bonds. The van der Waals surface area contributed by atoms with Gasteiger partial charge >= 0.3 is 0 Å². The van der Waals surface area contributed by atoms with E-state index in [0.29, 0.717) is 4.75 Å². The molecule has 2 aliphatic carbocycles. The van der Waals surface area contributed by atoms with Gasteiger partial charge in [-0.05, 0) is 44.4 Å². The number of nitrogens with one attached hydrogen (secondary N) is 1. The van der Waals surface area contributed by atoms with E-state index in [-0.39, 0.29) is 0 Å². The summed E-state index contributed by atoms with van der Waals surface area (Å²) in [5.74, 6) is 0.994. The average Bonchev–Trinajstić information content (AvgIpc) is 2.62. The van der Waals surface area contributed by atoms with Gasteiger partial charge in [0.25, 0.3) is 0 Å². The smallest absolute Gasteiger partial charge is 0.0281 e. The topological polar surface area (TPSA) is 12.0 Å². The third-order valence-corrected chi connectivity index (χ3v) is 5.47. The first kappa shape index (κ1) is 10.8. The van der Waals surface area contributed by atoms with Crippen molar-refractivity contribution in [2.75, 3.05) is 19.3 Å². The van der Waals surface area contributed by atoms with E-state index in [1.54, 1.807) is 0 Å². The summed E-state index contributed by atoms with van der Waals surface area (Å²) in [6.45, 7) is 2.53. The second kappa shape index (κ2) is 4.89. The van der Waals surface area contributed by atoms with Gasteiger partial charge in [0.15, 0.2) is 0 Å². The number of thioether (sulfide) groups is 1. The predicted molar refractivity (Wildman–Crippen MR) is 64.9 cm³/mol. The maximum atomic E-state index is 3.70.